The third kappa shape index (κ3) is 2.43. The summed E-state index contributed by atoms with van der Waals surface area (Å²) in [5, 5.41) is 0. The van der Waals surface area contributed by atoms with Crippen LogP contribution >= 0.6 is 0 Å². The van der Waals surface area contributed by atoms with Crippen molar-refractivity contribution in [3.63, 3.8) is 0 Å². The third-order valence-corrected chi connectivity index (χ3v) is 1.37. The quantitative estimate of drug-likeness (QED) is 0.432. The highest BCUT2D eigenvalue weighted by Crippen LogP contribution is 1.99. The van der Waals surface area contributed by atoms with E-state index in [2.05, 4.69) is 4.98 Å². The molecule has 0 aliphatic carbocycles. The van der Waals surface area contributed by atoms with Gasteiger partial charge in [-0.2, -0.15) is 0 Å². The Morgan fingerprint density at radius 3 is 2.62 bits per heavy atom. The zero-order valence-corrected chi connectivity index (χ0v) is 7.53. The Hall–Kier alpha value is -1.58. The Kier molecular flexibility index (Phi) is 2.84. The monoisotopic (exact) mass is 181 g/mol. The van der Waals surface area contributed by atoms with Gasteiger partial charge in [0.25, 0.3) is 5.78 Å². The number of ketones is 1. The van der Waals surface area contributed by atoms with Crippen LogP contribution < -0.4 is 0 Å². The number of hydrogen-bond acceptors (Lipinski definition) is 3. The number of aromatic amines is 1. The van der Waals surface area contributed by atoms with E-state index in [9.17, 15) is 9.59 Å². The summed E-state index contributed by atoms with van der Waals surface area (Å²) in [6, 6.07) is 3.18. The molecule has 0 atom stereocenters. The molecule has 13 heavy (non-hydrogen) atoms. The van der Waals surface area contributed by atoms with E-state index in [1.54, 1.807) is 26.1 Å². The van der Waals surface area contributed by atoms with Crippen LogP contribution in [-0.2, 0) is 9.53 Å². The molecule has 1 rings (SSSR count). The van der Waals surface area contributed by atoms with E-state index in [0.717, 1.165) is 0 Å². The summed E-state index contributed by atoms with van der Waals surface area (Å²) in [6.07, 6.45) is 1.31. The molecule has 0 bridgehead atoms. The van der Waals surface area contributed by atoms with Gasteiger partial charge in [0, 0.05) is 6.20 Å². The van der Waals surface area contributed by atoms with Gasteiger partial charge >= 0.3 is 5.97 Å². The van der Waals surface area contributed by atoms with Gasteiger partial charge in [-0.15, -0.1) is 0 Å². The first-order valence-corrected chi connectivity index (χ1v) is 4.00. The molecule has 1 aromatic heterocycles. The van der Waals surface area contributed by atoms with E-state index in [1.807, 2.05) is 0 Å². The molecule has 0 unspecified atom stereocenters. The van der Waals surface area contributed by atoms with Crippen molar-refractivity contribution < 1.29 is 14.3 Å². The summed E-state index contributed by atoms with van der Waals surface area (Å²) >= 11 is 0. The lowest BCUT2D eigenvalue weighted by atomic mass is 10.3. The van der Waals surface area contributed by atoms with Gasteiger partial charge in [-0.3, -0.25) is 4.79 Å². The van der Waals surface area contributed by atoms with Crippen molar-refractivity contribution >= 4 is 11.8 Å². The number of nitrogens with one attached hydrogen (secondary N) is 1. The molecule has 0 fully saturated rings. The molecule has 1 aromatic rings. The molecule has 0 amide bonds. The number of aromatic nitrogens is 1. The molecule has 0 aliphatic heterocycles. The highest BCUT2D eigenvalue weighted by atomic mass is 16.5. The van der Waals surface area contributed by atoms with Crippen LogP contribution in [0, 0.1) is 0 Å². The maximum Gasteiger partial charge on any atom is 0.381 e. The van der Waals surface area contributed by atoms with Gasteiger partial charge in [0.2, 0.25) is 0 Å². The molecule has 0 spiro atoms. The standard InChI is InChI=1S/C9H11NO3/c1-6(2)13-9(12)8(11)7-4-3-5-10-7/h3-6,10H,1-2H3. The fourth-order valence-electron chi connectivity index (χ4n) is 0.849. The zero-order chi connectivity index (χ0) is 9.84. The van der Waals surface area contributed by atoms with Crippen molar-refractivity contribution in [3.8, 4) is 0 Å². The molecule has 0 aromatic carbocycles. The van der Waals surface area contributed by atoms with Crippen molar-refractivity contribution in [3.05, 3.63) is 24.0 Å². The van der Waals surface area contributed by atoms with Gasteiger partial charge in [-0.25, -0.2) is 4.79 Å². The van der Waals surface area contributed by atoms with Crippen LogP contribution in [0.4, 0.5) is 0 Å². The molecule has 0 saturated carbocycles. The van der Waals surface area contributed by atoms with Gasteiger partial charge in [0.05, 0.1) is 11.8 Å². The lowest BCUT2D eigenvalue weighted by molar-refractivity contribution is -0.141. The van der Waals surface area contributed by atoms with Crippen molar-refractivity contribution in [2.75, 3.05) is 0 Å². The minimum absolute atomic E-state index is 0.255. The lowest BCUT2D eigenvalue weighted by Crippen LogP contribution is -2.21. The summed E-state index contributed by atoms with van der Waals surface area (Å²) in [5.41, 5.74) is 0.255. The molecule has 1 heterocycles. The Balaban J connectivity index is 2.64. The second-order valence-corrected chi connectivity index (χ2v) is 2.87. The van der Waals surface area contributed by atoms with Crippen LogP contribution in [0.3, 0.4) is 0 Å². The van der Waals surface area contributed by atoms with E-state index < -0.39 is 11.8 Å². The predicted octanol–water partition coefficient (Wildman–Crippen LogP) is 1.15. The molecule has 0 aliphatic rings. The largest absolute Gasteiger partial charge is 0.457 e. The number of esters is 1. The van der Waals surface area contributed by atoms with Crippen LogP contribution in [0.1, 0.15) is 24.3 Å². The average molecular weight is 181 g/mol. The van der Waals surface area contributed by atoms with Crippen LogP contribution in [-0.4, -0.2) is 22.8 Å². The minimum atomic E-state index is -0.822. The lowest BCUT2D eigenvalue weighted by Gasteiger charge is -2.05. The number of carbonyl (C=O) groups is 2. The van der Waals surface area contributed by atoms with Crippen LogP contribution in [0.5, 0.6) is 0 Å². The molecule has 1 N–H and O–H groups in total. The first kappa shape index (κ1) is 9.51. The maximum atomic E-state index is 11.2. The van der Waals surface area contributed by atoms with Crippen LogP contribution in [0.2, 0.25) is 0 Å². The summed E-state index contributed by atoms with van der Waals surface area (Å²) in [6.45, 7) is 3.39. The number of carbonyl (C=O) groups excluding carboxylic acids is 2. The topological polar surface area (TPSA) is 59.2 Å². The third-order valence-electron chi connectivity index (χ3n) is 1.37. The van der Waals surface area contributed by atoms with Crippen molar-refractivity contribution in [2.24, 2.45) is 0 Å². The van der Waals surface area contributed by atoms with Gasteiger partial charge in [-0.1, -0.05) is 0 Å². The van der Waals surface area contributed by atoms with E-state index in [1.165, 1.54) is 6.07 Å². The van der Waals surface area contributed by atoms with E-state index in [4.69, 9.17) is 4.74 Å². The van der Waals surface area contributed by atoms with Crippen LogP contribution in [0.25, 0.3) is 0 Å². The SMILES string of the molecule is CC(C)OC(=O)C(=O)c1ccc[nH]1. The predicted molar refractivity (Wildman–Crippen MR) is 46.4 cm³/mol. The number of rotatable bonds is 3. The highest BCUT2D eigenvalue weighted by Gasteiger charge is 2.19. The Bertz CT molecular complexity index is 301. The van der Waals surface area contributed by atoms with Gasteiger partial charge in [0.1, 0.15) is 0 Å². The zero-order valence-electron chi connectivity index (χ0n) is 7.53. The van der Waals surface area contributed by atoms with Crippen molar-refractivity contribution in [1.82, 2.24) is 4.98 Å². The normalized spacial score (nSPS) is 10.1. The van der Waals surface area contributed by atoms with Gasteiger partial charge in [-0.05, 0) is 26.0 Å². The molecular weight excluding hydrogens is 170 g/mol. The van der Waals surface area contributed by atoms with E-state index in [-0.39, 0.29) is 11.8 Å². The second kappa shape index (κ2) is 3.89. The van der Waals surface area contributed by atoms with E-state index >= 15 is 0 Å². The number of Topliss-reactive ketones (excluding diaryl/α,β-unsaturated/α-hetero) is 1. The molecule has 4 heteroatoms. The molecule has 0 radical (unpaired) electrons. The summed E-state index contributed by atoms with van der Waals surface area (Å²) in [5.74, 6) is -1.46. The molecule has 70 valence electrons. The summed E-state index contributed by atoms with van der Waals surface area (Å²) < 4.78 is 4.73. The van der Waals surface area contributed by atoms with E-state index in [0.29, 0.717) is 0 Å². The first-order valence-electron chi connectivity index (χ1n) is 4.00. The second-order valence-electron chi connectivity index (χ2n) is 2.87. The summed E-state index contributed by atoms with van der Waals surface area (Å²) in [7, 11) is 0. The molecular formula is C9H11NO3. The number of hydrogen-bond donors (Lipinski definition) is 1. The number of ether oxygens (including phenoxy) is 1. The fourth-order valence-corrected chi connectivity index (χ4v) is 0.849. The summed E-state index contributed by atoms with van der Waals surface area (Å²) in [4.78, 5) is 24.9. The Morgan fingerprint density at radius 1 is 1.46 bits per heavy atom. The van der Waals surface area contributed by atoms with Crippen LogP contribution in [0.15, 0.2) is 18.3 Å². The van der Waals surface area contributed by atoms with Gasteiger partial charge < -0.3 is 9.72 Å². The smallest absolute Gasteiger partial charge is 0.381 e. The fraction of sp³-hybridized carbons (Fsp3) is 0.333. The minimum Gasteiger partial charge on any atom is -0.457 e. The Morgan fingerprint density at radius 2 is 2.15 bits per heavy atom. The van der Waals surface area contributed by atoms with Crippen molar-refractivity contribution in [2.45, 2.75) is 20.0 Å². The van der Waals surface area contributed by atoms with Crippen molar-refractivity contribution in [1.29, 1.82) is 0 Å². The maximum absolute atomic E-state index is 11.2. The Labute approximate surface area is 75.9 Å². The highest BCUT2D eigenvalue weighted by molar-refractivity contribution is 6.40. The van der Waals surface area contributed by atoms with Gasteiger partial charge in [0.15, 0.2) is 0 Å². The number of H-pyrrole nitrogens is 1. The first-order chi connectivity index (χ1) is 6.11. The molecule has 0 saturated heterocycles. The average Bonchev–Trinajstić information content (AvgIpc) is 2.53. The molecule has 4 nitrogen and oxygen atoms in total.